The standard InChI is InChI=1S/C47H46ClF2N9O9S2/c1-67-45-39(52)15-29(20-58-45)27-5-8-40-36(14-27)35(10-11-53-40)28-4-6-31(54-19-28)24-68-43(63)3-2-12-69-70-25-30(46(65)66)13-34(60)7-9-41(61)56-21-32-16-37(38(48)22-55-32)44(64)57-23-42(62)59-26-47(49,50)17-33(59)18-51/h4-6,8,10-11,14-16,19-20,22,30,33H,2-3,7,9,12-13,17,21,23-26,52H2,1H3,(H,56,61)(H,57,64)(H,65,66)/t30?,33-/m0/s1. The number of ketones is 1. The molecule has 366 valence electrons. The first-order chi connectivity index (χ1) is 33.5. The number of nitrogens with one attached hydrogen (secondary N) is 2. The molecule has 0 saturated carbocycles. The number of esters is 1. The highest BCUT2D eigenvalue weighted by atomic mass is 35.5. The van der Waals surface area contributed by atoms with Gasteiger partial charge in [-0.15, -0.1) is 0 Å². The van der Waals surface area contributed by atoms with Gasteiger partial charge in [0.25, 0.3) is 11.8 Å². The predicted octanol–water partition coefficient (Wildman–Crippen LogP) is 6.45. The van der Waals surface area contributed by atoms with E-state index >= 15 is 0 Å². The van der Waals surface area contributed by atoms with Crippen LogP contribution < -0.4 is 21.1 Å². The third-order valence-electron chi connectivity index (χ3n) is 10.8. The van der Waals surface area contributed by atoms with Gasteiger partial charge < -0.3 is 35.8 Å². The number of carbonyl (C=O) groups is 6. The SMILES string of the molecule is COc1ncc(-c2ccc3nccc(-c4ccc(COC(=O)CCCSSCC(CC(=O)CCC(=O)NCc5cc(C(=O)NCC(=O)N6CC(F)(F)C[C@H]6C#N)c(Cl)cn5)C(=O)O)nc4)c3c2)cc1N. The number of rotatable bonds is 23. The van der Waals surface area contributed by atoms with Gasteiger partial charge in [0.15, 0.2) is 0 Å². The minimum Gasteiger partial charge on any atom is -0.481 e. The quantitative estimate of drug-likeness (QED) is 0.0311. The number of nitrogen functional groups attached to an aromatic ring is 1. The van der Waals surface area contributed by atoms with E-state index in [-0.39, 0.29) is 60.9 Å². The Bertz CT molecular complexity index is 2800. The first-order valence-corrected chi connectivity index (χ1v) is 24.5. The van der Waals surface area contributed by atoms with Crippen LogP contribution in [-0.4, -0.2) is 109 Å². The number of alkyl halides is 2. The molecule has 18 nitrogen and oxygen atoms in total. The molecule has 0 bridgehead atoms. The van der Waals surface area contributed by atoms with Crippen LogP contribution in [0.5, 0.6) is 5.88 Å². The maximum absolute atomic E-state index is 13.7. The zero-order chi connectivity index (χ0) is 50.4. The van der Waals surface area contributed by atoms with Crippen LogP contribution in [0.4, 0.5) is 14.5 Å². The lowest BCUT2D eigenvalue weighted by Gasteiger charge is -2.19. The number of nitriles is 1. The van der Waals surface area contributed by atoms with Gasteiger partial charge >= 0.3 is 11.9 Å². The van der Waals surface area contributed by atoms with Crippen molar-refractivity contribution in [2.75, 3.05) is 37.4 Å². The summed E-state index contributed by atoms with van der Waals surface area (Å²) >= 11 is 6.11. The predicted molar refractivity (Wildman–Crippen MR) is 257 cm³/mol. The number of methoxy groups -OCH3 is 1. The number of hydrogen-bond acceptors (Lipinski definition) is 16. The summed E-state index contributed by atoms with van der Waals surface area (Å²) in [6.07, 6.45) is 5.35. The number of halogens is 3. The molecule has 0 spiro atoms. The second-order valence-corrected chi connectivity index (χ2v) is 19.0. The summed E-state index contributed by atoms with van der Waals surface area (Å²) in [5, 5.41) is 24.5. The van der Waals surface area contributed by atoms with Crippen molar-refractivity contribution in [1.29, 1.82) is 5.26 Å². The number of carboxylic acids is 1. The molecule has 1 aromatic carbocycles. The van der Waals surface area contributed by atoms with E-state index < -0.39 is 72.8 Å². The first-order valence-electron chi connectivity index (χ1n) is 21.6. The zero-order valence-electron chi connectivity index (χ0n) is 37.5. The molecule has 23 heteroatoms. The van der Waals surface area contributed by atoms with Crippen LogP contribution in [0.1, 0.15) is 60.3 Å². The molecule has 0 radical (unpaired) electrons. The van der Waals surface area contributed by atoms with Crippen molar-refractivity contribution in [2.24, 2.45) is 5.92 Å². The van der Waals surface area contributed by atoms with E-state index in [1.807, 2.05) is 30.3 Å². The van der Waals surface area contributed by atoms with E-state index in [4.69, 9.17) is 32.1 Å². The van der Waals surface area contributed by atoms with Crippen LogP contribution in [-0.2, 0) is 41.9 Å². The lowest BCUT2D eigenvalue weighted by atomic mass is 9.98. The minimum absolute atomic E-state index is 0.0145. The number of fused-ring (bicyclic) bond motifs is 1. The maximum Gasteiger partial charge on any atom is 0.307 e. The van der Waals surface area contributed by atoms with Crippen LogP contribution in [0.15, 0.2) is 73.3 Å². The molecule has 5 aromatic rings. The molecular weight excluding hydrogens is 972 g/mol. The van der Waals surface area contributed by atoms with E-state index in [1.165, 1.54) is 34.8 Å². The Hall–Kier alpha value is -6.96. The average molecular weight is 1020 g/mol. The fraction of sp³-hybridized carbons (Fsp3) is 0.340. The summed E-state index contributed by atoms with van der Waals surface area (Å²) in [6, 6.07) is 14.9. The van der Waals surface area contributed by atoms with Crippen molar-refractivity contribution in [2.45, 2.75) is 63.6 Å². The number of nitrogens with zero attached hydrogens (tertiary/aromatic N) is 6. The molecule has 1 aliphatic rings. The maximum atomic E-state index is 13.7. The van der Waals surface area contributed by atoms with Crippen LogP contribution in [0.2, 0.25) is 5.02 Å². The van der Waals surface area contributed by atoms with Gasteiger partial charge in [-0.2, -0.15) is 5.26 Å². The third kappa shape index (κ3) is 14.5. The lowest BCUT2D eigenvalue weighted by Crippen LogP contribution is -2.43. The summed E-state index contributed by atoms with van der Waals surface area (Å²) in [5.74, 6) is -7.44. The van der Waals surface area contributed by atoms with Gasteiger partial charge in [0.1, 0.15) is 18.4 Å². The molecule has 70 heavy (non-hydrogen) atoms. The van der Waals surface area contributed by atoms with Crippen molar-refractivity contribution in [3.8, 4) is 34.2 Å². The van der Waals surface area contributed by atoms with Crippen LogP contribution >= 0.6 is 33.2 Å². The number of benzene rings is 1. The summed E-state index contributed by atoms with van der Waals surface area (Å²) < 4.78 is 38.1. The van der Waals surface area contributed by atoms with Crippen molar-refractivity contribution in [3.63, 3.8) is 0 Å². The number of aromatic nitrogens is 4. The molecule has 2 atom stereocenters. The van der Waals surface area contributed by atoms with Crippen molar-refractivity contribution >= 4 is 85.2 Å². The van der Waals surface area contributed by atoms with Gasteiger partial charge in [-0.3, -0.25) is 43.7 Å². The van der Waals surface area contributed by atoms with Gasteiger partial charge in [0, 0.05) is 84.9 Å². The molecule has 5 heterocycles. The second-order valence-electron chi connectivity index (χ2n) is 15.9. The summed E-state index contributed by atoms with van der Waals surface area (Å²) in [5.41, 5.74) is 11.4. The topological polar surface area (TPSA) is 270 Å². The molecule has 1 fully saturated rings. The number of nitrogens with two attached hydrogens (primary N) is 1. The Balaban J connectivity index is 0.854. The van der Waals surface area contributed by atoms with Gasteiger partial charge in [-0.05, 0) is 53.9 Å². The number of likely N-dealkylation sites (tertiary alicyclic amines) is 1. The molecule has 1 aliphatic heterocycles. The number of pyridine rings is 4. The molecule has 0 aliphatic carbocycles. The molecule has 1 saturated heterocycles. The lowest BCUT2D eigenvalue weighted by molar-refractivity contribution is -0.145. The molecule has 6 rings (SSSR count). The van der Waals surface area contributed by atoms with Crippen molar-refractivity contribution < 1.29 is 52.1 Å². The van der Waals surface area contributed by atoms with Gasteiger partial charge in [0.2, 0.25) is 17.7 Å². The molecule has 1 unspecified atom stereocenters. The molecule has 3 amide bonds. The highest BCUT2D eigenvalue weighted by Crippen LogP contribution is 2.34. The fourth-order valence-corrected chi connectivity index (χ4v) is 9.74. The Morgan fingerprint density at radius 3 is 2.46 bits per heavy atom. The molecular formula is C47H46ClF2N9O9S2. The Labute approximate surface area is 412 Å². The number of amides is 3. The fourth-order valence-electron chi connectivity index (χ4n) is 7.16. The second kappa shape index (κ2) is 24.5. The molecule has 4 aromatic heterocycles. The van der Waals surface area contributed by atoms with Gasteiger partial charge in [0.05, 0.1) is 71.9 Å². The number of carboxylic acid groups (broad SMARTS) is 1. The minimum atomic E-state index is -3.22. The van der Waals surface area contributed by atoms with E-state index in [9.17, 15) is 42.7 Å². The van der Waals surface area contributed by atoms with E-state index in [0.29, 0.717) is 34.3 Å². The number of ether oxygens (including phenoxy) is 2. The third-order valence-corrected chi connectivity index (χ3v) is 13.7. The number of aliphatic carboxylic acids is 1. The van der Waals surface area contributed by atoms with E-state index in [1.54, 1.807) is 36.8 Å². The van der Waals surface area contributed by atoms with Gasteiger partial charge in [-0.1, -0.05) is 45.3 Å². The van der Waals surface area contributed by atoms with Crippen LogP contribution in [0, 0.1) is 17.2 Å². The summed E-state index contributed by atoms with van der Waals surface area (Å²) in [4.78, 5) is 92.9. The monoisotopic (exact) mass is 1020 g/mol. The Morgan fingerprint density at radius 2 is 1.73 bits per heavy atom. The summed E-state index contributed by atoms with van der Waals surface area (Å²) in [7, 11) is 4.14. The highest BCUT2D eigenvalue weighted by Gasteiger charge is 2.47. The van der Waals surface area contributed by atoms with E-state index in [2.05, 4.69) is 30.6 Å². The Kier molecular flexibility index (Phi) is 18.4. The van der Waals surface area contributed by atoms with Crippen molar-refractivity contribution in [3.05, 3.63) is 95.3 Å². The average Bonchev–Trinajstić information content (AvgIpc) is 3.68. The number of Topliss-reactive ketones (excluding diaryl/α,β-unsaturated/α-hetero) is 1. The largest absolute Gasteiger partial charge is 0.481 e. The van der Waals surface area contributed by atoms with Crippen LogP contribution in [0.25, 0.3) is 33.2 Å². The number of carbonyl (C=O) groups excluding carboxylic acids is 5. The summed E-state index contributed by atoms with van der Waals surface area (Å²) in [6.45, 7) is -1.79. The molecule has 5 N–H and O–H groups in total. The smallest absolute Gasteiger partial charge is 0.307 e. The van der Waals surface area contributed by atoms with Crippen LogP contribution in [0.3, 0.4) is 0 Å². The Morgan fingerprint density at radius 1 is 0.957 bits per heavy atom. The van der Waals surface area contributed by atoms with E-state index in [0.717, 1.165) is 39.4 Å². The van der Waals surface area contributed by atoms with Gasteiger partial charge in [-0.25, -0.2) is 13.8 Å². The number of anilines is 1. The number of hydrogen-bond donors (Lipinski definition) is 4. The highest BCUT2D eigenvalue weighted by molar-refractivity contribution is 8.76. The first kappa shape index (κ1) is 52.4. The van der Waals surface area contributed by atoms with Crippen molar-refractivity contribution in [1.82, 2.24) is 35.5 Å². The normalized spacial score (nSPS) is 14.3. The zero-order valence-corrected chi connectivity index (χ0v) is 39.9.